The molecule has 0 unspecified atom stereocenters. The van der Waals surface area contributed by atoms with Crippen LogP contribution >= 0.6 is 12.4 Å². The van der Waals surface area contributed by atoms with Gasteiger partial charge in [-0.15, -0.1) is 12.4 Å². The van der Waals surface area contributed by atoms with Gasteiger partial charge in [0.2, 0.25) is 0 Å². The van der Waals surface area contributed by atoms with Crippen LogP contribution in [0.3, 0.4) is 0 Å². The van der Waals surface area contributed by atoms with Crippen molar-refractivity contribution in [3.8, 4) is 40.2 Å². The lowest BCUT2D eigenvalue weighted by Gasteiger charge is -2.19. The minimum absolute atomic E-state index is 0. The lowest BCUT2D eigenvalue weighted by molar-refractivity contribution is 0.0511. The van der Waals surface area contributed by atoms with E-state index >= 15 is 0 Å². The Morgan fingerprint density at radius 3 is 1.30 bits per heavy atom. The summed E-state index contributed by atoms with van der Waals surface area (Å²) in [6.45, 7) is 12.4. The van der Waals surface area contributed by atoms with Gasteiger partial charge in [0.05, 0.1) is 35.5 Å². The minimum atomic E-state index is -1.34. The summed E-state index contributed by atoms with van der Waals surface area (Å²) >= 11 is 0. The van der Waals surface area contributed by atoms with Crippen molar-refractivity contribution in [3.05, 3.63) is 263 Å². The van der Waals surface area contributed by atoms with Crippen molar-refractivity contribution in [2.45, 2.75) is 123 Å². The Hall–Kier alpha value is -10.4. The Labute approximate surface area is 577 Å². The van der Waals surface area contributed by atoms with E-state index < -0.39 is 30.5 Å². The highest BCUT2D eigenvalue weighted by molar-refractivity contribution is 6.58. The molecule has 18 nitrogen and oxygen atoms in total. The van der Waals surface area contributed by atoms with Crippen LogP contribution in [0.1, 0.15) is 107 Å². The molecule has 20 heteroatoms. The summed E-state index contributed by atoms with van der Waals surface area (Å²) in [7, 11) is -1.34. The maximum Gasteiger partial charge on any atom is 0.488 e. The molecule has 11 aromatic rings. The fourth-order valence-electron chi connectivity index (χ4n) is 8.70. The molecule has 3 aromatic heterocycles. The second-order valence-corrected chi connectivity index (χ2v) is 22.5. The Balaban J connectivity index is 0.000000461. The molecule has 0 saturated heterocycles. The van der Waals surface area contributed by atoms with Crippen molar-refractivity contribution in [1.82, 2.24) is 25.6 Å². The second kappa shape index (κ2) is 40.1. The number of nitrogens with one attached hydrogen (secondary N) is 3. The molecule has 8 aromatic carbocycles. The number of hydrogen-bond acceptors (Lipinski definition) is 15. The highest BCUT2D eigenvalue weighted by Crippen LogP contribution is 2.33. The number of rotatable bonds is 16. The van der Waals surface area contributed by atoms with Crippen LogP contribution in [0.2, 0.25) is 0 Å². The standard InChI is InChI=1S/C28H28N2O4.C22H24N2O4.C16H14N2O2.C6H7BO2.5CH4.ClH/c1-28(2,3)34-27(31)29-18-21-16-26(32-19-20-10-6-4-7-11-20)24-17-23(14-15-25(24)30-21)33-22-12-8-5-9-13-22;1-22(2,3)28-21(26)23-13-16-11-20(27-14-15-7-5-4-6-8-15)18-12-17(25)9-10-19(18)24-16;17-10-11-8-16(19)14-9-13(6-7-15(14)18-11)20-12-4-2-1-3-5-12;8-7(9)6-4-2-1-3-5-6;;;;;;/h4-17H,18-19H2,1-3H3,(H,29,31);4-12,25H,13-14H2,1-3H3,(H,23,26);1-9H,10,17H2,(H,18,19);1-5,8-9H;5*1H4;1H. The fraction of sp³-hybridized carbons (Fsp3) is 0.234. The highest BCUT2D eigenvalue weighted by Gasteiger charge is 2.19. The number of carbonyl (C=O) groups excluding carboxylic acids is 2. The first-order valence-corrected chi connectivity index (χ1v) is 29.3. The molecule has 0 atom stereocenters. The van der Waals surface area contributed by atoms with Gasteiger partial charge in [-0.05, 0) is 137 Å². The van der Waals surface area contributed by atoms with E-state index in [1.807, 2.05) is 205 Å². The summed E-state index contributed by atoms with van der Waals surface area (Å²) in [6.07, 6.45) is -1.00. The first-order chi connectivity index (χ1) is 43.7. The summed E-state index contributed by atoms with van der Waals surface area (Å²) in [5, 5.41) is 34.6. The number of nitrogens with zero attached hydrogens (tertiary/aromatic N) is 2. The number of aromatic amines is 1. The maximum absolute atomic E-state index is 12.1. The Bertz CT molecular complexity index is 4200. The summed E-state index contributed by atoms with van der Waals surface area (Å²) in [6, 6.07) is 68.6. The molecule has 0 spiro atoms. The van der Waals surface area contributed by atoms with Crippen LogP contribution in [-0.4, -0.2) is 60.6 Å². The van der Waals surface area contributed by atoms with Gasteiger partial charge < -0.3 is 64.9 Å². The van der Waals surface area contributed by atoms with Gasteiger partial charge in [-0.25, -0.2) is 9.59 Å². The number of benzene rings is 8. The van der Waals surface area contributed by atoms with Crippen molar-refractivity contribution >= 4 is 69.9 Å². The summed E-state index contributed by atoms with van der Waals surface area (Å²) in [4.78, 5) is 48.4. The number of carbonyl (C=O) groups is 2. The lowest BCUT2D eigenvalue weighted by atomic mass is 9.81. The molecule has 0 aliphatic carbocycles. The van der Waals surface area contributed by atoms with Crippen LogP contribution in [0.15, 0.2) is 229 Å². The third kappa shape index (κ3) is 27.1. The van der Waals surface area contributed by atoms with E-state index in [9.17, 15) is 19.5 Å². The number of hydrogen-bond donors (Lipinski definition) is 7. The van der Waals surface area contributed by atoms with Crippen LogP contribution < -0.4 is 46.2 Å². The number of amides is 2. The summed E-state index contributed by atoms with van der Waals surface area (Å²) < 4.78 is 34.5. The second-order valence-electron chi connectivity index (χ2n) is 22.5. The number of phenols is 1. The number of fused-ring (bicyclic) bond motifs is 3. The van der Waals surface area contributed by atoms with Crippen LogP contribution in [0, 0.1) is 0 Å². The average molecular weight is 1340 g/mol. The van der Waals surface area contributed by atoms with Gasteiger partial charge in [0.15, 0.2) is 5.43 Å². The third-order valence-corrected chi connectivity index (χ3v) is 12.8. The molecule has 8 N–H and O–H groups in total. The number of ether oxygens (including phenoxy) is 6. The van der Waals surface area contributed by atoms with E-state index in [-0.39, 0.29) is 73.8 Å². The zero-order valence-electron chi connectivity index (χ0n) is 51.9. The number of alkyl carbamates (subject to hydrolysis) is 2. The Morgan fingerprint density at radius 2 is 0.887 bits per heavy atom. The van der Waals surface area contributed by atoms with Gasteiger partial charge in [0.25, 0.3) is 0 Å². The number of halogens is 1. The molecular formula is C77H94BClN6O12. The molecule has 0 bridgehead atoms. The first kappa shape index (κ1) is 82.7. The van der Waals surface area contributed by atoms with E-state index in [0.29, 0.717) is 75.9 Å². The molecule has 514 valence electrons. The van der Waals surface area contributed by atoms with E-state index in [1.54, 1.807) is 54.6 Å². The van der Waals surface area contributed by atoms with Crippen LogP contribution in [-0.2, 0) is 42.3 Å². The van der Waals surface area contributed by atoms with Crippen molar-refractivity contribution < 1.29 is 53.2 Å². The molecule has 0 aliphatic heterocycles. The summed E-state index contributed by atoms with van der Waals surface area (Å²) in [5.41, 5.74) is 11.2. The lowest BCUT2D eigenvalue weighted by Crippen LogP contribution is -2.32. The molecule has 3 heterocycles. The van der Waals surface area contributed by atoms with E-state index in [2.05, 4.69) is 20.6 Å². The quantitative estimate of drug-likeness (QED) is 0.0444. The van der Waals surface area contributed by atoms with Crippen molar-refractivity contribution in [1.29, 1.82) is 0 Å². The van der Waals surface area contributed by atoms with E-state index in [4.69, 9.17) is 49.2 Å². The number of aromatic nitrogens is 3. The molecular weight excluding hydrogens is 1250 g/mol. The van der Waals surface area contributed by atoms with Crippen LogP contribution in [0.4, 0.5) is 9.59 Å². The Kier molecular flexibility index (Phi) is 34.1. The minimum Gasteiger partial charge on any atom is -0.508 e. The predicted molar refractivity (Wildman–Crippen MR) is 396 cm³/mol. The van der Waals surface area contributed by atoms with Crippen molar-refractivity contribution in [2.75, 3.05) is 0 Å². The van der Waals surface area contributed by atoms with Gasteiger partial charge in [-0.2, -0.15) is 0 Å². The molecule has 0 aliphatic rings. The maximum atomic E-state index is 12.1. The molecule has 97 heavy (non-hydrogen) atoms. The third-order valence-electron chi connectivity index (χ3n) is 12.8. The van der Waals surface area contributed by atoms with Gasteiger partial charge in [-0.1, -0.05) is 165 Å². The zero-order valence-corrected chi connectivity index (χ0v) is 52.7. The SMILES string of the molecule is C.C.C.C.C.CC(C)(C)OC(=O)NCc1cc(OCc2ccccc2)c2cc(O)ccc2n1.CC(C)(C)OC(=O)NCc1cc(OCc2ccccc2)c2cc(Oc3ccccc3)ccc2n1.Cl.NCc1cc(=O)c2cc(Oc3ccccc3)ccc2[nH]1.OB(O)c1ccccc1. The summed E-state index contributed by atoms with van der Waals surface area (Å²) in [5.74, 6) is 4.19. The van der Waals surface area contributed by atoms with Crippen LogP contribution in [0.5, 0.6) is 40.2 Å². The Morgan fingerprint density at radius 1 is 0.495 bits per heavy atom. The van der Waals surface area contributed by atoms with Gasteiger partial charge in [-0.3, -0.25) is 14.8 Å². The number of aromatic hydroxyl groups is 1. The molecule has 0 saturated carbocycles. The van der Waals surface area contributed by atoms with E-state index in [0.717, 1.165) is 44.7 Å². The van der Waals surface area contributed by atoms with Crippen LogP contribution in [0.25, 0.3) is 32.7 Å². The van der Waals surface area contributed by atoms with Crippen molar-refractivity contribution in [2.24, 2.45) is 5.73 Å². The molecule has 0 radical (unpaired) electrons. The number of H-pyrrole nitrogens is 1. The monoisotopic (exact) mass is 1340 g/mol. The molecule has 11 rings (SSSR count). The highest BCUT2D eigenvalue weighted by atomic mass is 35.5. The largest absolute Gasteiger partial charge is 0.508 e. The number of pyridine rings is 3. The molecule has 0 fully saturated rings. The topological polar surface area (TPSA) is 259 Å². The van der Waals surface area contributed by atoms with Gasteiger partial charge >= 0.3 is 19.3 Å². The number of phenolic OH excluding ortho intramolecular Hbond substituents is 1. The fourth-order valence-corrected chi connectivity index (χ4v) is 8.70. The number of para-hydroxylation sites is 2. The van der Waals surface area contributed by atoms with Gasteiger partial charge in [0.1, 0.15) is 64.7 Å². The van der Waals surface area contributed by atoms with Crippen molar-refractivity contribution in [3.63, 3.8) is 0 Å². The predicted octanol–water partition coefficient (Wildman–Crippen LogP) is 16.9. The zero-order chi connectivity index (χ0) is 64.8. The first-order valence-electron chi connectivity index (χ1n) is 29.3. The average Bonchev–Trinajstić information content (AvgIpc) is 0.817. The number of nitrogens with two attached hydrogens (primary N) is 1. The smallest absolute Gasteiger partial charge is 0.488 e. The van der Waals surface area contributed by atoms with E-state index in [1.165, 1.54) is 6.07 Å². The van der Waals surface area contributed by atoms with Gasteiger partial charge in [0, 0.05) is 52.1 Å². The normalized spacial score (nSPS) is 10.2. The molecule has 2 amide bonds.